The summed E-state index contributed by atoms with van der Waals surface area (Å²) in [6.07, 6.45) is 1.25. The second-order valence-electron chi connectivity index (χ2n) is 7.77. The zero-order valence-electron chi connectivity index (χ0n) is 21.4. The van der Waals surface area contributed by atoms with Gasteiger partial charge in [-0.3, -0.25) is 19.7 Å². The van der Waals surface area contributed by atoms with Gasteiger partial charge >= 0.3 is 5.97 Å². The Bertz CT molecular complexity index is 1430. The van der Waals surface area contributed by atoms with E-state index in [4.69, 9.17) is 18.9 Å². The number of nitro groups is 1. The summed E-state index contributed by atoms with van der Waals surface area (Å²) in [5.41, 5.74) is 2.74. The number of hydrazone groups is 1. The summed E-state index contributed by atoms with van der Waals surface area (Å²) in [6, 6.07) is 12.6. The van der Waals surface area contributed by atoms with Crippen LogP contribution in [0.2, 0.25) is 0 Å². The Morgan fingerprint density at radius 3 is 2.15 bits per heavy atom. The summed E-state index contributed by atoms with van der Waals surface area (Å²) >= 11 is 3.32. The number of rotatable bonds is 11. The maximum atomic E-state index is 12.6. The Hall–Kier alpha value is -4.98. The molecule has 0 aromatic heterocycles. The molecule has 0 aliphatic rings. The van der Waals surface area contributed by atoms with Gasteiger partial charge in [-0.05, 0) is 42.5 Å². The molecule has 0 unspecified atom stereocenters. The van der Waals surface area contributed by atoms with Crippen molar-refractivity contribution in [2.45, 2.75) is 0 Å². The highest BCUT2D eigenvalue weighted by Gasteiger charge is 2.18. The van der Waals surface area contributed by atoms with Gasteiger partial charge < -0.3 is 24.3 Å². The molecule has 0 saturated carbocycles. The molecule has 0 aliphatic heterocycles. The number of ether oxygens (including phenoxy) is 4. The van der Waals surface area contributed by atoms with Crippen LogP contribution in [0.4, 0.5) is 5.69 Å². The van der Waals surface area contributed by atoms with E-state index in [-0.39, 0.29) is 34.1 Å². The molecule has 2 N–H and O–H groups in total. The van der Waals surface area contributed by atoms with Crippen molar-refractivity contribution in [2.75, 3.05) is 27.9 Å². The molecule has 0 bridgehead atoms. The predicted molar refractivity (Wildman–Crippen MR) is 146 cm³/mol. The molecule has 0 radical (unpaired) electrons. The van der Waals surface area contributed by atoms with Crippen LogP contribution in [0.1, 0.15) is 26.3 Å². The fraction of sp³-hybridized carbons (Fsp3) is 0.154. The first-order valence-electron chi connectivity index (χ1n) is 11.3. The number of carbonyl (C=O) groups excluding carboxylic acids is 3. The summed E-state index contributed by atoms with van der Waals surface area (Å²) in [7, 11) is 4.26. The zero-order valence-corrected chi connectivity index (χ0v) is 23.0. The van der Waals surface area contributed by atoms with Gasteiger partial charge in [-0.25, -0.2) is 10.2 Å². The Morgan fingerprint density at radius 2 is 1.57 bits per heavy atom. The molecular weight excluding hydrogens is 592 g/mol. The number of carbonyl (C=O) groups is 3. The van der Waals surface area contributed by atoms with Crippen LogP contribution >= 0.6 is 15.9 Å². The highest BCUT2D eigenvalue weighted by molar-refractivity contribution is 9.10. The summed E-state index contributed by atoms with van der Waals surface area (Å²) in [4.78, 5) is 47.6. The van der Waals surface area contributed by atoms with E-state index in [2.05, 4.69) is 31.8 Å². The van der Waals surface area contributed by atoms with Gasteiger partial charge in [0.25, 0.3) is 17.5 Å². The highest BCUT2D eigenvalue weighted by Crippen LogP contribution is 2.38. The van der Waals surface area contributed by atoms with Crippen LogP contribution in [0.5, 0.6) is 23.0 Å². The second kappa shape index (κ2) is 13.7. The number of methoxy groups -OCH3 is 3. The molecule has 3 aromatic carbocycles. The minimum absolute atomic E-state index is 0.104. The van der Waals surface area contributed by atoms with Crippen molar-refractivity contribution in [3.63, 3.8) is 0 Å². The number of halogens is 1. The number of nitrogens with one attached hydrogen (secondary N) is 2. The molecule has 0 atom stereocenters. The zero-order chi connectivity index (χ0) is 29.2. The third-order valence-electron chi connectivity index (χ3n) is 5.22. The summed E-state index contributed by atoms with van der Waals surface area (Å²) in [5, 5.41) is 17.1. The third-order valence-corrected chi connectivity index (χ3v) is 5.71. The largest absolute Gasteiger partial charge is 0.493 e. The smallest absolute Gasteiger partial charge is 0.343 e. The molecule has 0 heterocycles. The minimum Gasteiger partial charge on any atom is -0.493 e. The first-order chi connectivity index (χ1) is 19.2. The van der Waals surface area contributed by atoms with Crippen LogP contribution in [0.3, 0.4) is 0 Å². The fourth-order valence-electron chi connectivity index (χ4n) is 3.28. The van der Waals surface area contributed by atoms with Crippen molar-refractivity contribution in [3.05, 3.63) is 85.9 Å². The Morgan fingerprint density at radius 1 is 0.925 bits per heavy atom. The normalized spacial score (nSPS) is 10.5. The van der Waals surface area contributed by atoms with Gasteiger partial charge in [-0.2, -0.15) is 5.10 Å². The van der Waals surface area contributed by atoms with Crippen molar-refractivity contribution < 1.29 is 38.3 Å². The van der Waals surface area contributed by atoms with Gasteiger partial charge in [-0.1, -0.05) is 15.9 Å². The van der Waals surface area contributed by atoms with E-state index in [1.54, 1.807) is 12.1 Å². The van der Waals surface area contributed by atoms with E-state index in [9.17, 15) is 24.5 Å². The van der Waals surface area contributed by atoms with Gasteiger partial charge in [0.05, 0.1) is 44.6 Å². The summed E-state index contributed by atoms with van der Waals surface area (Å²) in [6.45, 7) is -0.396. The van der Waals surface area contributed by atoms with Crippen LogP contribution in [-0.2, 0) is 4.79 Å². The number of hydrogen-bond donors (Lipinski definition) is 2. The molecule has 3 aromatic rings. The van der Waals surface area contributed by atoms with E-state index in [0.717, 1.165) is 0 Å². The van der Waals surface area contributed by atoms with E-state index < -0.39 is 29.3 Å². The second-order valence-corrected chi connectivity index (χ2v) is 8.68. The lowest BCUT2D eigenvalue weighted by Gasteiger charge is -2.14. The quantitative estimate of drug-likeness (QED) is 0.108. The van der Waals surface area contributed by atoms with Gasteiger partial charge in [0.2, 0.25) is 5.75 Å². The van der Waals surface area contributed by atoms with Gasteiger partial charge in [0.15, 0.2) is 11.5 Å². The molecule has 0 spiro atoms. The van der Waals surface area contributed by atoms with Crippen molar-refractivity contribution in [3.8, 4) is 23.0 Å². The lowest BCUT2D eigenvalue weighted by Crippen LogP contribution is -2.35. The Balaban J connectivity index is 1.62. The maximum absolute atomic E-state index is 12.6. The van der Waals surface area contributed by atoms with Gasteiger partial charge in [0, 0.05) is 27.7 Å². The van der Waals surface area contributed by atoms with Gasteiger partial charge in [-0.15, -0.1) is 0 Å². The Kier molecular flexibility index (Phi) is 10.1. The SMILES string of the molecule is COc1cc(C(=O)NCC(=O)NN=Cc2cc(Br)ccc2OC(=O)c2ccc([N+](=O)[O-])cc2)cc(OC)c1OC. The number of nitrogens with zero attached hydrogens (tertiary/aromatic N) is 2. The molecule has 13 nitrogen and oxygen atoms in total. The molecule has 0 saturated heterocycles. The van der Waals surface area contributed by atoms with Crippen molar-refractivity contribution in [2.24, 2.45) is 5.10 Å². The van der Waals surface area contributed by atoms with E-state index >= 15 is 0 Å². The van der Waals surface area contributed by atoms with E-state index in [0.29, 0.717) is 15.8 Å². The molecule has 0 aliphatic carbocycles. The van der Waals surface area contributed by atoms with Gasteiger partial charge in [0.1, 0.15) is 5.75 Å². The predicted octanol–water partition coefficient (Wildman–Crippen LogP) is 3.48. The topological polar surface area (TPSA) is 168 Å². The van der Waals surface area contributed by atoms with Crippen LogP contribution in [0.25, 0.3) is 0 Å². The number of non-ortho nitro benzene ring substituents is 1. The van der Waals surface area contributed by atoms with Crippen LogP contribution in [0.15, 0.2) is 64.2 Å². The number of amides is 2. The van der Waals surface area contributed by atoms with Crippen molar-refractivity contribution in [1.29, 1.82) is 0 Å². The van der Waals surface area contributed by atoms with E-state index in [1.807, 2.05) is 0 Å². The number of esters is 1. The van der Waals surface area contributed by atoms with Crippen molar-refractivity contribution in [1.82, 2.24) is 10.7 Å². The average Bonchev–Trinajstić information content (AvgIpc) is 2.96. The molecule has 2 amide bonds. The molecule has 0 fully saturated rings. The van der Waals surface area contributed by atoms with E-state index in [1.165, 1.54) is 70.0 Å². The number of nitro benzene ring substituents is 1. The van der Waals surface area contributed by atoms with Crippen molar-refractivity contribution >= 4 is 45.6 Å². The van der Waals surface area contributed by atoms with Crippen LogP contribution in [-0.4, -0.2) is 56.8 Å². The highest BCUT2D eigenvalue weighted by atomic mass is 79.9. The van der Waals surface area contributed by atoms with Crippen LogP contribution < -0.4 is 29.7 Å². The number of benzene rings is 3. The fourth-order valence-corrected chi connectivity index (χ4v) is 3.66. The summed E-state index contributed by atoms with van der Waals surface area (Å²) in [5.74, 6) is -0.938. The average molecular weight is 615 g/mol. The molecule has 40 heavy (non-hydrogen) atoms. The Labute approximate surface area is 236 Å². The first-order valence-corrected chi connectivity index (χ1v) is 12.1. The first kappa shape index (κ1) is 29.6. The number of hydrogen-bond acceptors (Lipinski definition) is 10. The lowest BCUT2D eigenvalue weighted by molar-refractivity contribution is -0.384. The minimum atomic E-state index is -0.745. The monoisotopic (exact) mass is 614 g/mol. The lowest BCUT2D eigenvalue weighted by atomic mass is 10.1. The standard InChI is InChI=1S/C26H23BrN4O9/c1-37-21-11-16(12-22(38-2)24(21)39-3)25(33)28-14-23(32)30-29-13-17-10-18(27)6-9-20(17)40-26(34)15-4-7-19(8-5-15)31(35)36/h4-13H,14H2,1-3H3,(H,28,33)(H,30,32). The third kappa shape index (κ3) is 7.54. The molecule has 3 rings (SSSR count). The molecule has 14 heteroatoms. The molecular formula is C26H23BrN4O9. The summed E-state index contributed by atoms with van der Waals surface area (Å²) < 4.78 is 21.7. The van der Waals surface area contributed by atoms with Crippen LogP contribution in [0, 0.1) is 10.1 Å². The molecule has 208 valence electrons. The maximum Gasteiger partial charge on any atom is 0.343 e.